The van der Waals surface area contributed by atoms with Crippen LogP contribution in [0.15, 0.2) is 65.2 Å². The van der Waals surface area contributed by atoms with Gasteiger partial charge < -0.3 is 19.2 Å². The van der Waals surface area contributed by atoms with Crippen LogP contribution in [0.25, 0.3) is 0 Å². The predicted molar refractivity (Wildman–Crippen MR) is 118 cm³/mol. The number of rotatable bonds is 10. The average Bonchev–Trinajstić information content (AvgIpc) is 3.39. The third-order valence-electron chi connectivity index (χ3n) is 5.52. The van der Waals surface area contributed by atoms with Gasteiger partial charge in [-0.15, -0.1) is 0 Å². The van der Waals surface area contributed by atoms with Crippen molar-refractivity contribution in [2.75, 3.05) is 6.54 Å². The van der Waals surface area contributed by atoms with Crippen molar-refractivity contribution >= 4 is 11.8 Å². The molecule has 3 aromatic rings. The normalized spacial score (nSPS) is 13.2. The van der Waals surface area contributed by atoms with E-state index in [1.807, 2.05) is 59.6 Å². The Morgan fingerprint density at radius 1 is 1.10 bits per heavy atom. The molecule has 1 saturated carbocycles. The molecule has 2 aromatic heterocycles. The largest absolute Gasteiger partial charge is 0.454 e. The Balaban J connectivity index is 1.37. The molecule has 0 bridgehead atoms. The van der Waals surface area contributed by atoms with E-state index in [9.17, 15) is 9.59 Å². The fourth-order valence-corrected chi connectivity index (χ4v) is 3.69. The average molecular weight is 420 g/mol. The fourth-order valence-electron chi connectivity index (χ4n) is 3.69. The first-order chi connectivity index (χ1) is 15.1. The summed E-state index contributed by atoms with van der Waals surface area (Å²) < 4.78 is 7.87. The van der Waals surface area contributed by atoms with E-state index in [0.29, 0.717) is 31.2 Å². The van der Waals surface area contributed by atoms with Gasteiger partial charge in [0, 0.05) is 30.9 Å². The molecule has 1 aliphatic rings. The van der Waals surface area contributed by atoms with Gasteiger partial charge >= 0.3 is 0 Å². The van der Waals surface area contributed by atoms with Crippen molar-refractivity contribution in [2.45, 2.75) is 45.8 Å². The second-order valence-corrected chi connectivity index (χ2v) is 8.10. The van der Waals surface area contributed by atoms with E-state index >= 15 is 0 Å². The second kappa shape index (κ2) is 9.69. The SMILES string of the molecule is CCCN(Cc1cccn1Cc1ccc(C(=O)NCc2ccccc2)o1)C(=O)C1CC1. The zero-order chi connectivity index (χ0) is 21.6. The van der Waals surface area contributed by atoms with E-state index < -0.39 is 0 Å². The quantitative estimate of drug-likeness (QED) is 0.535. The zero-order valence-corrected chi connectivity index (χ0v) is 17.9. The Kier molecular flexibility index (Phi) is 6.55. The zero-order valence-electron chi connectivity index (χ0n) is 17.9. The Labute approximate surface area is 182 Å². The molecule has 2 amide bonds. The molecule has 31 heavy (non-hydrogen) atoms. The number of carbonyl (C=O) groups is 2. The molecule has 4 rings (SSSR count). The van der Waals surface area contributed by atoms with Gasteiger partial charge in [0.25, 0.3) is 5.91 Å². The minimum atomic E-state index is -0.230. The lowest BCUT2D eigenvalue weighted by Gasteiger charge is -2.23. The van der Waals surface area contributed by atoms with Crippen LogP contribution in [-0.4, -0.2) is 27.8 Å². The van der Waals surface area contributed by atoms with E-state index in [2.05, 4.69) is 16.8 Å². The molecular weight excluding hydrogens is 390 g/mol. The molecule has 0 atom stereocenters. The van der Waals surface area contributed by atoms with Gasteiger partial charge in [0.05, 0.1) is 13.1 Å². The number of nitrogens with one attached hydrogen (secondary N) is 1. The number of benzene rings is 1. The van der Waals surface area contributed by atoms with E-state index in [0.717, 1.165) is 37.1 Å². The summed E-state index contributed by atoms with van der Waals surface area (Å²) in [5, 5.41) is 2.88. The summed E-state index contributed by atoms with van der Waals surface area (Å²) in [5.41, 5.74) is 2.10. The number of nitrogens with zero attached hydrogens (tertiary/aromatic N) is 2. The van der Waals surface area contributed by atoms with Gasteiger partial charge in [0.2, 0.25) is 5.91 Å². The van der Waals surface area contributed by atoms with Gasteiger partial charge in [-0.3, -0.25) is 9.59 Å². The molecule has 0 unspecified atom stereocenters. The number of aromatic nitrogens is 1. The summed E-state index contributed by atoms with van der Waals surface area (Å²) >= 11 is 0. The van der Waals surface area contributed by atoms with Gasteiger partial charge in [-0.1, -0.05) is 37.3 Å². The summed E-state index contributed by atoms with van der Waals surface area (Å²) in [4.78, 5) is 27.0. The topological polar surface area (TPSA) is 67.5 Å². The number of hydrogen-bond donors (Lipinski definition) is 1. The van der Waals surface area contributed by atoms with Gasteiger partial charge in [-0.25, -0.2) is 0 Å². The summed E-state index contributed by atoms with van der Waals surface area (Å²) in [6.45, 7) is 4.44. The van der Waals surface area contributed by atoms with Crippen LogP contribution in [0.2, 0.25) is 0 Å². The number of hydrogen-bond acceptors (Lipinski definition) is 3. The van der Waals surface area contributed by atoms with Crippen molar-refractivity contribution in [3.05, 3.63) is 83.6 Å². The summed E-state index contributed by atoms with van der Waals surface area (Å²) in [5.74, 6) is 1.27. The van der Waals surface area contributed by atoms with E-state index in [1.54, 1.807) is 6.07 Å². The van der Waals surface area contributed by atoms with Crippen LogP contribution in [0, 0.1) is 5.92 Å². The van der Waals surface area contributed by atoms with Crippen molar-refractivity contribution in [1.82, 2.24) is 14.8 Å². The molecule has 162 valence electrons. The van der Waals surface area contributed by atoms with Crippen molar-refractivity contribution < 1.29 is 14.0 Å². The number of furan rings is 1. The molecule has 0 saturated heterocycles. The smallest absolute Gasteiger partial charge is 0.287 e. The molecular formula is C25H29N3O3. The standard InChI is InChI=1S/C25H29N3O3/c1-2-14-28(25(30)20-10-11-20)17-21-9-6-15-27(21)18-22-12-13-23(31-22)24(29)26-16-19-7-4-3-5-8-19/h3-9,12-13,15,20H,2,10-11,14,16-18H2,1H3,(H,26,29). The first-order valence-electron chi connectivity index (χ1n) is 11.0. The molecule has 6 nitrogen and oxygen atoms in total. The second-order valence-electron chi connectivity index (χ2n) is 8.10. The maximum Gasteiger partial charge on any atom is 0.287 e. The summed E-state index contributed by atoms with van der Waals surface area (Å²) in [6.07, 6.45) is 4.96. The predicted octanol–water partition coefficient (Wildman–Crippen LogP) is 4.21. The van der Waals surface area contributed by atoms with Gasteiger partial charge in [-0.05, 0) is 49.1 Å². The third-order valence-corrected chi connectivity index (χ3v) is 5.52. The lowest BCUT2D eigenvalue weighted by Crippen LogP contribution is -2.33. The molecule has 1 fully saturated rings. The van der Waals surface area contributed by atoms with Crippen molar-refractivity contribution in [1.29, 1.82) is 0 Å². The van der Waals surface area contributed by atoms with Crippen molar-refractivity contribution in [3.63, 3.8) is 0 Å². The lowest BCUT2D eigenvalue weighted by molar-refractivity contribution is -0.133. The fraction of sp³-hybridized carbons (Fsp3) is 0.360. The molecule has 2 heterocycles. The maximum absolute atomic E-state index is 12.6. The minimum Gasteiger partial charge on any atom is -0.454 e. The highest BCUT2D eigenvalue weighted by molar-refractivity contribution is 5.91. The van der Waals surface area contributed by atoms with Crippen LogP contribution in [0.4, 0.5) is 0 Å². The molecule has 0 spiro atoms. The van der Waals surface area contributed by atoms with Gasteiger partial charge in [0.15, 0.2) is 5.76 Å². The Bertz CT molecular complexity index is 1020. The Morgan fingerprint density at radius 2 is 1.90 bits per heavy atom. The number of amides is 2. The highest BCUT2D eigenvalue weighted by Gasteiger charge is 2.33. The van der Waals surface area contributed by atoms with E-state index in [4.69, 9.17) is 4.42 Å². The maximum atomic E-state index is 12.6. The monoisotopic (exact) mass is 419 g/mol. The van der Waals surface area contributed by atoms with Crippen LogP contribution in [0.1, 0.15) is 53.8 Å². The number of carbonyl (C=O) groups excluding carboxylic acids is 2. The molecule has 0 radical (unpaired) electrons. The summed E-state index contributed by atoms with van der Waals surface area (Å²) in [7, 11) is 0. The van der Waals surface area contributed by atoms with E-state index in [-0.39, 0.29) is 17.7 Å². The highest BCUT2D eigenvalue weighted by atomic mass is 16.4. The van der Waals surface area contributed by atoms with Crippen LogP contribution in [0.3, 0.4) is 0 Å². The Morgan fingerprint density at radius 3 is 2.65 bits per heavy atom. The van der Waals surface area contributed by atoms with Gasteiger partial charge in [0.1, 0.15) is 5.76 Å². The highest BCUT2D eigenvalue weighted by Crippen LogP contribution is 2.31. The molecule has 1 aromatic carbocycles. The van der Waals surface area contributed by atoms with Crippen molar-refractivity contribution in [3.8, 4) is 0 Å². The van der Waals surface area contributed by atoms with Crippen molar-refractivity contribution in [2.24, 2.45) is 5.92 Å². The molecule has 1 aliphatic carbocycles. The lowest BCUT2D eigenvalue weighted by atomic mass is 10.2. The first kappa shape index (κ1) is 21.0. The van der Waals surface area contributed by atoms with Crippen LogP contribution in [-0.2, 0) is 24.4 Å². The van der Waals surface area contributed by atoms with Crippen LogP contribution in [0.5, 0.6) is 0 Å². The molecule has 1 N–H and O–H groups in total. The Hall–Kier alpha value is -3.28. The first-order valence-corrected chi connectivity index (χ1v) is 11.0. The van der Waals surface area contributed by atoms with Crippen LogP contribution >= 0.6 is 0 Å². The molecule has 6 heteroatoms. The molecule has 0 aliphatic heterocycles. The van der Waals surface area contributed by atoms with E-state index in [1.165, 1.54) is 0 Å². The summed E-state index contributed by atoms with van der Waals surface area (Å²) in [6, 6.07) is 17.3. The third kappa shape index (κ3) is 5.45. The van der Waals surface area contributed by atoms with Gasteiger partial charge in [-0.2, -0.15) is 0 Å². The minimum absolute atomic E-state index is 0.219. The van der Waals surface area contributed by atoms with Crippen LogP contribution < -0.4 is 5.32 Å².